The summed E-state index contributed by atoms with van der Waals surface area (Å²) in [6, 6.07) is 7.06. The van der Waals surface area contributed by atoms with Crippen LogP contribution >= 0.6 is 35.6 Å². The minimum absolute atomic E-state index is 0. The van der Waals surface area contributed by atoms with E-state index in [-0.39, 0.29) is 42.4 Å². The van der Waals surface area contributed by atoms with Crippen molar-refractivity contribution in [3.05, 3.63) is 53.2 Å². The van der Waals surface area contributed by atoms with Crippen LogP contribution in [0, 0.1) is 11.6 Å². The van der Waals surface area contributed by atoms with Crippen molar-refractivity contribution in [2.45, 2.75) is 12.5 Å². The lowest BCUT2D eigenvalue weighted by molar-refractivity contribution is 0.304. The second-order valence-corrected chi connectivity index (χ2v) is 6.71. The van der Waals surface area contributed by atoms with Crippen LogP contribution < -0.4 is 20.3 Å². The van der Waals surface area contributed by atoms with Crippen molar-refractivity contribution < 1.29 is 13.5 Å². The monoisotopic (exact) mass is 537 g/mol. The predicted molar refractivity (Wildman–Crippen MR) is 122 cm³/mol. The highest BCUT2D eigenvalue weighted by Crippen LogP contribution is 2.25. The Kier molecular flexibility index (Phi) is 9.15. The van der Waals surface area contributed by atoms with Crippen LogP contribution in [-0.2, 0) is 0 Å². The van der Waals surface area contributed by atoms with Crippen LogP contribution in [0.1, 0.15) is 6.42 Å². The molecular weight excluding hydrogens is 515 g/mol. The average molecular weight is 538 g/mol. The highest BCUT2D eigenvalue weighted by Gasteiger charge is 2.25. The van der Waals surface area contributed by atoms with Crippen LogP contribution in [0.15, 0.2) is 41.5 Å². The van der Waals surface area contributed by atoms with E-state index in [4.69, 9.17) is 16.3 Å². The second kappa shape index (κ2) is 11.3. The van der Waals surface area contributed by atoms with Gasteiger partial charge in [0.15, 0.2) is 17.5 Å². The van der Waals surface area contributed by atoms with Crippen LogP contribution in [-0.4, -0.2) is 50.3 Å². The molecule has 3 rings (SSSR count). The van der Waals surface area contributed by atoms with E-state index in [2.05, 4.69) is 25.5 Å². The Morgan fingerprint density at radius 3 is 2.93 bits per heavy atom. The SMILES string of the molecule is CN=C(NCCOc1ccc(F)cc1F)NC1CCN(c2ncccc2Cl)C1.I. The number of rotatable bonds is 6. The zero-order valence-corrected chi connectivity index (χ0v) is 19.0. The van der Waals surface area contributed by atoms with Crippen molar-refractivity contribution in [2.75, 3.05) is 38.2 Å². The Balaban J connectivity index is 0.00000300. The number of nitrogens with one attached hydrogen (secondary N) is 2. The summed E-state index contributed by atoms with van der Waals surface area (Å²) < 4.78 is 31.8. The van der Waals surface area contributed by atoms with Gasteiger partial charge < -0.3 is 20.3 Å². The molecule has 1 fully saturated rings. The molecule has 0 aliphatic carbocycles. The molecule has 29 heavy (non-hydrogen) atoms. The van der Waals surface area contributed by atoms with E-state index in [9.17, 15) is 8.78 Å². The van der Waals surface area contributed by atoms with Crippen LogP contribution in [0.25, 0.3) is 0 Å². The molecule has 1 atom stereocenters. The lowest BCUT2D eigenvalue weighted by atomic mass is 10.3. The quantitative estimate of drug-likeness (QED) is 0.256. The number of anilines is 1. The number of aromatic nitrogens is 1. The first-order chi connectivity index (χ1) is 13.6. The van der Waals surface area contributed by atoms with Gasteiger partial charge >= 0.3 is 0 Å². The fraction of sp³-hybridized carbons (Fsp3) is 0.368. The van der Waals surface area contributed by atoms with Gasteiger partial charge in [-0.15, -0.1) is 24.0 Å². The Morgan fingerprint density at radius 2 is 2.21 bits per heavy atom. The van der Waals surface area contributed by atoms with Crippen LogP contribution in [0.5, 0.6) is 5.75 Å². The van der Waals surface area contributed by atoms with Gasteiger partial charge in [-0.1, -0.05) is 11.6 Å². The molecule has 2 aromatic rings. The van der Waals surface area contributed by atoms with Crippen molar-refractivity contribution >= 4 is 47.4 Å². The van der Waals surface area contributed by atoms with Gasteiger partial charge in [-0.2, -0.15) is 0 Å². The number of nitrogens with zero attached hydrogens (tertiary/aromatic N) is 3. The first-order valence-corrected chi connectivity index (χ1v) is 9.35. The molecule has 0 radical (unpaired) electrons. The van der Waals surface area contributed by atoms with Gasteiger partial charge in [-0.05, 0) is 30.7 Å². The molecule has 1 aromatic heterocycles. The molecule has 10 heteroatoms. The van der Waals surface area contributed by atoms with Crippen molar-refractivity contribution in [3.63, 3.8) is 0 Å². The number of hydrogen-bond acceptors (Lipinski definition) is 4. The minimum Gasteiger partial charge on any atom is -0.489 e. The summed E-state index contributed by atoms with van der Waals surface area (Å²) in [4.78, 5) is 10.7. The van der Waals surface area contributed by atoms with Crippen LogP contribution in [0.3, 0.4) is 0 Å². The first-order valence-electron chi connectivity index (χ1n) is 8.97. The Bertz CT molecular complexity index is 842. The molecule has 1 aliphatic heterocycles. The minimum atomic E-state index is -0.721. The third-order valence-electron chi connectivity index (χ3n) is 4.34. The maximum absolute atomic E-state index is 13.5. The number of guanidine groups is 1. The largest absolute Gasteiger partial charge is 0.489 e. The fourth-order valence-corrected chi connectivity index (χ4v) is 3.23. The number of ether oxygens (including phenoxy) is 1. The molecule has 0 bridgehead atoms. The third kappa shape index (κ3) is 6.56. The van der Waals surface area contributed by atoms with Crippen molar-refractivity contribution in [2.24, 2.45) is 4.99 Å². The molecule has 1 aromatic carbocycles. The Hall–Kier alpha value is -1.88. The summed E-state index contributed by atoms with van der Waals surface area (Å²) in [6.07, 6.45) is 2.65. The highest BCUT2D eigenvalue weighted by molar-refractivity contribution is 14.0. The van der Waals surface area contributed by atoms with E-state index in [0.29, 0.717) is 17.5 Å². The summed E-state index contributed by atoms with van der Waals surface area (Å²) in [6.45, 7) is 2.23. The van der Waals surface area contributed by atoms with E-state index in [0.717, 1.165) is 37.5 Å². The molecule has 1 unspecified atom stereocenters. The molecular formula is C19H23ClF2IN5O. The smallest absolute Gasteiger partial charge is 0.191 e. The van der Waals surface area contributed by atoms with E-state index < -0.39 is 11.6 Å². The van der Waals surface area contributed by atoms with Gasteiger partial charge in [0, 0.05) is 38.4 Å². The summed E-state index contributed by atoms with van der Waals surface area (Å²) >= 11 is 6.22. The summed E-state index contributed by atoms with van der Waals surface area (Å²) in [5.41, 5.74) is 0. The lowest BCUT2D eigenvalue weighted by Gasteiger charge is -2.20. The number of benzene rings is 1. The highest BCUT2D eigenvalue weighted by atomic mass is 127. The maximum Gasteiger partial charge on any atom is 0.191 e. The van der Waals surface area contributed by atoms with E-state index in [1.165, 1.54) is 6.07 Å². The molecule has 0 amide bonds. The third-order valence-corrected chi connectivity index (χ3v) is 4.63. The predicted octanol–water partition coefficient (Wildman–Crippen LogP) is 3.45. The van der Waals surface area contributed by atoms with Crippen molar-refractivity contribution in [1.29, 1.82) is 0 Å². The van der Waals surface area contributed by atoms with Crippen LogP contribution in [0.4, 0.5) is 14.6 Å². The molecule has 1 saturated heterocycles. The normalized spacial score (nSPS) is 16.3. The topological polar surface area (TPSA) is 61.8 Å². The summed E-state index contributed by atoms with van der Waals surface area (Å²) in [7, 11) is 1.68. The molecule has 2 N–H and O–H groups in total. The van der Waals surface area contributed by atoms with Crippen molar-refractivity contribution in [3.8, 4) is 5.75 Å². The zero-order chi connectivity index (χ0) is 19.9. The molecule has 0 spiro atoms. The van der Waals surface area contributed by atoms with E-state index in [1.807, 2.05) is 12.1 Å². The molecule has 6 nitrogen and oxygen atoms in total. The van der Waals surface area contributed by atoms with E-state index >= 15 is 0 Å². The first kappa shape index (κ1) is 23.4. The molecule has 0 saturated carbocycles. The van der Waals surface area contributed by atoms with Gasteiger partial charge in [0.05, 0.1) is 11.6 Å². The lowest BCUT2D eigenvalue weighted by Crippen LogP contribution is -2.45. The van der Waals surface area contributed by atoms with Crippen molar-refractivity contribution in [1.82, 2.24) is 15.6 Å². The zero-order valence-electron chi connectivity index (χ0n) is 15.9. The molecule has 1 aliphatic rings. The number of hydrogen-bond donors (Lipinski definition) is 2. The maximum atomic E-state index is 13.5. The number of aliphatic imine (C=N–C) groups is 1. The standard InChI is InChI=1S/C19H22ClF2N5O.HI/c1-23-19(25-8-10-28-17-5-4-13(21)11-16(17)22)26-14-6-9-27(12-14)18-15(20)3-2-7-24-18;/h2-5,7,11,14H,6,8-10,12H2,1H3,(H2,23,25,26);1H. The fourth-order valence-electron chi connectivity index (χ4n) is 2.99. The number of halogens is 4. The van der Waals surface area contributed by atoms with Gasteiger partial charge in [-0.25, -0.2) is 13.8 Å². The average Bonchev–Trinajstić information content (AvgIpc) is 3.14. The Labute approximate surface area is 190 Å². The summed E-state index contributed by atoms with van der Waals surface area (Å²) in [5, 5.41) is 7.11. The molecule has 158 valence electrons. The number of pyridine rings is 1. The van der Waals surface area contributed by atoms with E-state index in [1.54, 1.807) is 13.2 Å². The Morgan fingerprint density at radius 1 is 1.38 bits per heavy atom. The van der Waals surface area contributed by atoms with Gasteiger partial charge in [0.25, 0.3) is 0 Å². The van der Waals surface area contributed by atoms with Gasteiger partial charge in [-0.3, -0.25) is 4.99 Å². The van der Waals surface area contributed by atoms with Gasteiger partial charge in [0.1, 0.15) is 18.2 Å². The van der Waals surface area contributed by atoms with Gasteiger partial charge in [0.2, 0.25) is 0 Å². The molecule has 2 heterocycles. The summed E-state index contributed by atoms with van der Waals surface area (Å²) in [5.74, 6) is 0.0741. The van der Waals surface area contributed by atoms with Crippen LogP contribution in [0.2, 0.25) is 5.02 Å². The second-order valence-electron chi connectivity index (χ2n) is 6.31.